The Kier molecular flexibility index (Phi) is 4.11. The second kappa shape index (κ2) is 6.06. The van der Waals surface area contributed by atoms with E-state index in [0.717, 1.165) is 16.4 Å². The van der Waals surface area contributed by atoms with Crippen LogP contribution in [0.5, 0.6) is 0 Å². The molecule has 2 aromatic rings. The molecular formula is C17H12F4N2O4S. The number of ketones is 1. The smallest absolute Gasteiger partial charge is 0.383 e. The molecule has 3 atom stereocenters. The van der Waals surface area contributed by atoms with Gasteiger partial charge in [0.1, 0.15) is 22.5 Å². The van der Waals surface area contributed by atoms with E-state index in [4.69, 9.17) is 0 Å². The van der Waals surface area contributed by atoms with Gasteiger partial charge in [-0.25, -0.2) is 12.8 Å². The number of piperidine rings is 1. The second-order valence-corrected chi connectivity index (χ2v) is 8.37. The molecule has 1 aromatic heterocycles. The van der Waals surface area contributed by atoms with Crippen LogP contribution in [0.1, 0.15) is 35.3 Å². The van der Waals surface area contributed by atoms with Gasteiger partial charge in [0.25, 0.3) is 0 Å². The molecule has 148 valence electrons. The van der Waals surface area contributed by atoms with Crippen LogP contribution < -0.4 is 0 Å². The molecule has 3 heterocycles. The topological polar surface area (TPSA) is 87.6 Å². The van der Waals surface area contributed by atoms with Gasteiger partial charge >= 0.3 is 6.18 Å². The quantitative estimate of drug-likeness (QED) is 0.760. The molecule has 1 aromatic carbocycles. The van der Waals surface area contributed by atoms with Crippen molar-refractivity contribution in [2.24, 2.45) is 0 Å². The van der Waals surface area contributed by atoms with Crippen molar-refractivity contribution in [3.63, 3.8) is 0 Å². The van der Waals surface area contributed by atoms with Crippen molar-refractivity contribution in [1.82, 2.24) is 9.29 Å². The van der Waals surface area contributed by atoms with Gasteiger partial charge in [-0.2, -0.15) is 17.5 Å². The van der Waals surface area contributed by atoms with Crippen molar-refractivity contribution in [2.75, 3.05) is 0 Å². The SMILES string of the molecule is O=C1CC2c3c(F)cccc3C([C@@H]1O)N2S(=O)(=O)c1ccc(C(F)(F)F)nc1. The number of fused-ring (bicyclic) bond motifs is 5. The Morgan fingerprint density at radius 3 is 2.50 bits per heavy atom. The van der Waals surface area contributed by atoms with Crippen LogP contribution in [0.4, 0.5) is 17.6 Å². The van der Waals surface area contributed by atoms with Crippen LogP contribution >= 0.6 is 0 Å². The first-order chi connectivity index (χ1) is 13.0. The summed E-state index contributed by atoms with van der Waals surface area (Å²) in [7, 11) is -4.48. The number of aliphatic hydroxyl groups excluding tert-OH is 1. The third-order valence-electron chi connectivity index (χ3n) is 4.95. The number of aliphatic hydroxyl groups is 1. The van der Waals surface area contributed by atoms with Crippen LogP contribution in [-0.4, -0.2) is 34.7 Å². The fourth-order valence-corrected chi connectivity index (χ4v) is 5.46. The molecule has 11 heteroatoms. The van der Waals surface area contributed by atoms with Crippen LogP contribution in [0, 0.1) is 5.82 Å². The van der Waals surface area contributed by atoms with Crippen LogP contribution in [0.25, 0.3) is 0 Å². The molecule has 2 aliphatic rings. The van der Waals surface area contributed by atoms with E-state index >= 15 is 0 Å². The lowest BCUT2D eigenvalue weighted by Crippen LogP contribution is -2.46. The number of halogens is 4. The van der Waals surface area contributed by atoms with Crippen molar-refractivity contribution in [1.29, 1.82) is 0 Å². The fourth-order valence-electron chi connectivity index (χ4n) is 3.75. The van der Waals surface area contributed by atoms with E-state index in [2.05, 4.69) is 4.98 Å². The highest BCUT2D eigenvalue weighted by Gasteiger charge is 2.55. The number of aromatic nitrogens is 1. The Labute approximate surface area is 156 Å². The molecule has 4 rings (SSSR count). The first kappa shape index (κ1) is 19.0. The van der Waals surface area contributed by atoms with Crippen molar-refractivity contribution in [3.8, 4) is 0 Å². The number of alkyl halides is 3. The summed E-state index contributed by atoms with van der Waals surface area (Å²) >= 11 is 0. The molecule has 0 aliphatic carbocycles. The maximum absolute atomic E-state index is 14.4. The molecule has 0 spiro atoms. The highest BCUT2D eigenvalue weighted by atomic mass is 32.2. The minimum absolute atomic E-state index is 0.0131. The van der Waals surface area contributed by atoms with Gasteiger partial charge in [0.15, 0.2) is 5.78 Å². The van der Waals surface area contributed by atoms with Crippen molar-refractivity contribution >= 4 is 15.8 Å². The van der Waals surface area contributed by atoms with Gasteiger partial charge in [0.05, 0.1) is 12.1 Å². The predicted molar refractivity (Wildman–Crippen MR) is 85.8 cm³/mol. The van der Waals surface area contributed by atoms with E-state index in [0.29, 0.717) is 12.3 Å². The molecule has 1 N–H and O–H groups in total. The largest absolute Gasteiger partial charge is 0.433 e. The van der Waals surface area contributed by atoms with Gasteiger partial charge in [-0.3, -0.25) is 9.78 Å². The molecule has 1 fully saturated rings. The molecule has 0 amide bonds. The van der Waals surface area contributed by atoms with Crippen molar-refractivity contribution in [3.05, 3.63) is 59.2 Å². The van der Waals surface area contributed by atoms with Gasteiger partial charge in [0, 0.05) is 18.2 Å². The number of sulfonamides is 1. The highest BCUT2D eigenvalue weighted by molar-refractivity contribution is 7.89. The monoisotopic (exact) mass is 416 g/mol. The van der Waals surface area contributed by atoms with Crippen LogP contribution in [0.15, 0.2) is 41.4 Å². The number of hydrogen-bond donors (Lipinski definition) is 1. The zero-order chi connectivity index (χ0) is 20.4. The maximum Gasteiger partial charge on any atom is 0.433 e. The van der Waals surface area contributed by atoms with Gasteiger partial charge in [-0.1, -0.05) is 12.1 Å². The number of carbonyl (C=O) groups is 1. The van der Waals surface area contributed by atoms with Gasteiger partial charge < -0.3 is 5.11 Å². The van der Waals surface area contributed by atoms with E-state index in [9.17, 15) is 35.9 Å². The summed E-state index contributed by atoms with van der Waals surface area (Å²) in [5.74, 6) is -1.36. The lowest BCUT2D eigenvalue weighted by atomic mass is 9.99. The summed E-state index contributed by atoms with van der Waals surface area (Å²) in [6.07, 6.45) is -6.34. The first-order valence-electron chi connectivity index (χ1n) is 8.09. The van der Waals surface area contributed by atoms with Crippen LogP contribution in [0.2, 0.25) is 0 Å². The average molecular weight is 416 g/mol. The number of Topliss-reactive ketones (excluding diaryl/α,β-unsaturated/α-hetero) is 1. The molecule has 2 unspecified atom stereocenters. The summed E-state index contributed by atoms with van der Waals surface area (Å²) in [6.45, 7) is 0. The summed E-state index contributed by atoms with van der Waals surface area (Å²) in [4.78, 5) is 14.7. The minimum Gasteiger partial charge on any atom is -0.383 e. The molecule has 28 heavy (non-hydrogen) atoms. The van der Waals surface area contributed by atoms with E-state index in [-0.39, 0.29) is 11.1 Å². The Balaban J connectivity index is 1.83. The predicted octanol–water partition coefficient (Wildman–Crippen LogP) is 2.36. The summed E-state index contributed by atoms with van der Waals surface area (Å²) < 4.78 is 79.4. The van der Waals surface area contributed by atoms with E-state index in [1.54, 1.807) is 0 Å². The van der Waals surface area contributed by atoms with Gasteiger partial charge in [-0.15, -0.1) is 0 Å². The van der Waals surface area contributed by atoms with E-state index in [1.165, 1.54) is 12.1 Å². The number of carbonyl (C=O) groups excluding carboxylic acids is 1. The average Bonchev–Trinajstić information content (AvgIpc) is 2.91. The Bertz CT molecular complexity index is 1070. The molecule has 2 bridgehead atoms. The number of hydrogen-bond acceptors (Lipinski definition) is 5. The molecule has 6 nitrogen and oxygen atoms in total. The fraction of sp³-hybridized carbons (Fsp3) is 0.294. The normalized spacial score (nSPS) is 25.0. The van der Waals surface area contributed by atoms with Crippen molar-refractivity contribution in [2.45, 2.75) is 35.7 Å². The maximum atomic E-state index is 14.4. The number of pyridine rings is 1. The Hall–Kier alpha value is -2.37. The zero-order valence-electron chi connectivity index (χ0n) is 13.9. The van der Waals surface area contributed by atoms with Crippen LogP contribution in [-0.2, 0) is 21.0 Å². The van der Waals surface area contributed by atoms with Gasteiger partial charge in [-0.05, 0) is 23.8 Å². The first-order valence-corrected chi connectivity index (χ1v) is 9.53. The third kappa shape index (κ3) is 2.65. The Morgan fingerprint density at radius 2 is 1.89 bits per heavy atom. The lowest BCUT2D eigenvalue weighted by Gasteiger charge is -2.36. The summed E-state index contributed by atoms with van der Waals surface area (Å²) in [5, 5.41) is 10.3. The number of benzene rings is 1. The molecule has 0 saturated carbocycles. The molecular weight excluding hydrogens is 404 g/mol. The van der Waals surface area contributed by atoms with Crippen molar-refractivity contribution < 1.29 is 35.9 Å². The van der Waals surface area contributed by atoms with E-state index in [1.807, 2.05) is 0 Å². The number of rotatable bonds is 2. The lowest BCUT2D eigenvalue weighted by molar-refractivity contribution is -0.141. The zero-order valence-corrected chi connectivity index (χ0v) is 14.7. The van der Waals surface area contributed by atoms with E-state index < -0.39 is 63.0 Å². The molecule has 2 aliphatic heterocycles. The highest BCUT2D eigenvalue weighted by Crippen LogP contribution is 2.52. The third-order valence-corrected chi connectivity index (χ3v) is 6.82. The number of nitrogens with zero attached hydrogens (tertiary/aromatic N) is 2. The standard InChI is InChI=1S/C17H12F4N2O4S/c18-10-3-1-2-9-14(10)11-6-12(24)16(25)15(9)23(11)28(26,27)8-4-5-13(22-7-8)17(19,20)21/h1-5,7,11,15-16,25H,6H2/t11?,15?,16-/m1/s1. The molecule has 1 saturated heterocycles. The minimum atomic E-state index is -4.74. The Morgan fingerprint density at radius 1 is 1.18 bits per heavy atom. The van der Waals surface area contributed by atoms with Crippen LogP contribution in [0.3, 0.4) is 0 Å². The molecule has 0 radical (unpaired) electrons. The van der Waals surface area contributed by atoms with Gasteiger partial charge in [0.2, 0.25) is 10.0 Å². The summed E-state index contributed by atoms with van der Waals surface area (Å²) in [6, 6.07) is 2.58. The second-order valence-electron chi connectivity index (χ2n) is 6.53. The summed E-state index contributed by atoms with van der Waals surface area (Å²) in [5.41, 5.74) is -1.12.